The molecule has 0 aliphatic carbocycles. The van der Waals surface area contributed by atoms with Gasteiger partial charge in [-0.25, -0.2) is 9.59 Å². The molecule has 2 rings (SSSR count). The van der Waals surface area contributed by atoms with E-state index in [0.717, 1.165) is 5.56 Å². The van der Waals surface area contributed by atoms with Gasteiger partial charge in [0.05, 0.1) is 25.5 Å². The van der Waals surface area contributed by atoms with Gasteiger partial charge in [0.15, 0.2) is 8.32 Å². The predicted molar refractivity (Wildman–Crippen MR) is 105 cm³/mol. The van der Waals surface area contributed by atoms with Crippen molar-refractivity contribution in [1.29, 1.82) is 0 Å². The number of carbonyl (C=O) groups is 2. The first-order valence-electron chi connectivity index (χ1n) is 9.00. The Labute approximate surface area is 162 Å². The normalized spacial score (nSPS) is 18.5. The van der Waals surface area contributed by atoms with E-state index in [4.69, 9.17) is 13.9 Å². The molecule has 0 fully saturated rings. The summed E-state index contributed by atoms with van der Waals surface area (Å²) in [6.07, 6.45) is 0.228. The second-order valence-corrected chi connectivity index (χ2v) is 12.9. The molecule has 148 valence electrons. The van der Waals surface area contributed by atoms with E-state index in [1.807, 2.05) is 30.3 Å². The van der Waals surface area contributed by atoms with Gasteiger partial charge in [-0.2, -0.15) is 0 Å². The van der Waals surface area contributed by atoms with Crippen molar-refractivity contribution >= 4 is 20.3 Å². The van der Waals surface area contributed by atoms with Crippen molar-refractivity contribution in [1.82, 2.24) is 5.32 Å². The minimum atomic E-state index is -1.96. The maximum Gasteiger partial charge on any atom is 0.353 e. The molecule has 1 aliphatic rings. The Balaban J connectivity index is 2.22. The van der Waals surface area contributed by atoms with E-state index in [0.29, 0.717) is 12.3 Å². The Hall–Kier alpha value is -2.12. The molecule has 0 saturated heterocycles. The van der Waals surface area contributed by atoms with Gasteiger partial charge in [-0.15, -0.1) is 0 Å². The van der Waals surface area contributed by atoms with E-state index >= 15 is 0 Å². The first-order chi connectivity index (χ1) is 12.5. The van der Waals surface area contributed by atoms with E-state index in [-0.39, 0.29) is 11.1 Å². The number of hydrogen-bond acceptors (Lipinski definition) is 6. The van der Waals surface area contributed by atoms with Crippen molar-refractivity contribution < 1.29 is 23.5 Å². The molecule has 0 spiro atoms. The third-order valence-electron chi connectivity index (χ3n) is 5.16. The molecule has 1 aliphatic heterocycles. The van der Waals surface area contributed by atoms with Crippen molar-refractivity contribution in [3.05, 3.63) is 47.7 Å². The van der Waals surface area contributed by atoms with Crippen molar-refractivity contribution in [2.45, 2.75) is 51.0 Å². The Bertz CT molecular complexity index is 709. The highest BCUT2D eigenvalue weighted by Gasteiger charge is 2.39. The zero-order chi connectivity index (χ0) is 20.2. The summed E-state index contributed by atoms with van der Waals surface area (Å²) >= 11 is 0. The summed E-state index contributed by atoms with van der Waals surface area (Å²) in [5, 5.41) is 3.34. The minimum absolute atomic E-state index is 0.0779. The SMILES string of the molecule is COC(=O)C1OC(=O)C=C1N[C@H](CO[Si](C)(C)C(C)(C)C)c1ccccc1. The average molecular weight is 392 g/mol. The molecule has 0 radical (unpaired) electrons. The average Bonchev–Trinajstić information content (AvgIpc) is 2.98. The molecule has 27 heavy (non-hydrogen) atoms. The maximum absolute atomic E-state index is 11.9. The molecule has 6 nitrogen and oxygen atoms in total. The fourth-order valence-electron chi connectivity index (χ4n) is 2.43. The molecule has 1 N–H and O–H groups in total. The van der Waals surface area contributed by atoms with E-state index < -0.39 is 26.4 Å². The number of nitrogens with one attached hydrogen (secondary N) is 1. The largest absolute Gasteiger partial charge is 0.466 e. The van der Waals surface area contributed by atoms with Gasteiger partial charge in [0, 0.05) is 6.08 Å². The second-order valence-electron chi connectivity index (χ2n) is 8.12. The van der Waals surface area contributed by atoms with Crippen LogP contribution in [0, 0.1) is 0 Å². The summed E-state index contributed by atoms with van der Waals surface area (Å²) in [5.41, 5.74) is 1.39. The maximum atomic E-state index is 11.9. The standard InChI is InChI=1S/C20H29NO5Si/c1-20(2,3)27(5,6)25-13-16(14-10-8-7-9-11-14)21-15-12-17(22)26-18(15)19(23)24-4/h7-12,16,18,21H,13H2,1-6H3/t16-,18?/m1/s1. The number of rotatable bonds is 7. The number of ether oxygens (including phenoxy) is 2. The van der Waals surface area contributed by atoms with Gasteiger partial charge in [0.25, 0.3) is 0 Å². The molecule has 1 aromatic rings. The lowest BCUT2D eigenvalue weighted by molar-refractivity contribution is -0.158. The van der Waals surface area contributed by atoms with Gasteiger partial charge in [-0.1, -0.05) is 51.1 Å². The molecule has 0 bridgehead atoms. The zero-order valence-electron chi connectivity index (χ0n) is 16.9. The van der Waals surface area contributed by atoms with Gasteiger partial charge in [0.1, 0.15) is 0 Å². The lowest BCUT2D eigenvalue weighted by Gasteiger charge is -2.37. The fourth-order valence-corrected chi connectivity index (χ4v) is 3.45. The van der Waals surface area contributed by atoms with Crippen LogP contribution in [0.1, 0.15) is 32.4 Å². The number of carbonyl (C=O) groups excluding carboxylic acids is 2. The van der Waals surface area contributed by atoms with E-state index in [2.05, 4.69) is 39.2 Å². The molecular weight excluding hydrogens is 362 g/mol. The summed E-state index contributed by atoms with van der Waals surface area (Å²) in [6.45, 7) is 11.3. The highest BCUT2D eigenvalue weighted by molar-refractivity contribution is 6.74. The highest BCUT2D eigenvalue weighted by Crippen LogP contribution is 2.37. The van der Waals surface area contributed by atoms with Crippen LogP contribution in [-0.2, 0) is 23.5 Å². The van der Waals surface area contributed by atoms with E-state index in [1.54, 1.807) is 0 Å². The van der Waals surface area contributed by atoms with Crippen molar-refractivity contribution in [3.63, 3.8) is 0 Å². The Kier molecular flexibility index (Phi) is 6.49. The summed E-state index contributed by atoms with van der Waals surface area (Å²) < 4.78 is 16.2. The topological polar surface area (TPSA) is 73.9 Å². The van der Waals surface area contributed by atoms with Crippen LogP contribution in [0.5, 0.6) is 0 Å². The number of esters is 2. The summed E-state index contributed by atoms with van der Waals surface area (Å²) in [6, 6.07) is 9.56. The Morgan fingerprint density at radius 1 is 1.26 bits per heavy atom. The Morgan fingerprint density at radius 3 is 2.44 bits per heavy atom. The fraction of sp³-hybridized carbons (Fsp3) is 0.500. The van der Waals surface area contributed by atoms with Gasteiger partial charge in [-0.3, -0.25) is 0 Å². The second kappa shape index (κ2) is 8.27. The number of methoxy groups -OCH3 is 1. The summed E-state index contributed by atoms with van der Waals surface area (Å²) in [5.74, 6) is -1.18. The molecule has 7 heteroatoms. The van der Waals surface area contributed by atoms with Crippen molar-refractivity contribution in [2.75, 3.05) is 13.7 Å². The summed E-state index contributed by atoms with van der Waals surface area (Å²) in [7, 11) is -0.700. The quantitative estimate of drug-likeness (QED) is 0.568. The van der Waals surface area contributed by atoms with Crippen molar-refractivity contribution in [3.8, 4) is 0 Å². The van der Waals surface area contributed by atoms with Gasteiger partial charge in [-0.05, 0) is 23.7 Å². The smallest absolute Gasteiger partial charge is 0.353 e. The molecule has 0 saturated carbocycles. The van der Waals surface area contributed by atoms with Crippen LogP contribution in [0.15, 0.2) is 42.1 Å². The van der Waals surface area contributed by atoms with Crippen LogP contribution < -0.4 is 5.32 Å². The Morgan fingerprint density at radius 2 is 1.89 bits per heavy atom. The predicted octanol–water partition coefficient (Wildman–Crippen LogP) is 3.32. The van der Waals surface area contributed by atoms with Crippen LogP contribution in [0.3, 0.4) is 0 Å². The molecule has 1 aromatic carbocycles. The summed E-state index contributed by atoms with van der Waals surface area (Å²) in [4.78, 5) is 23.6. The zero-order valence-corrected chi connectivity index (χ0v) is 17.9. The highest BCUT2D eigenvalue weighted by atomic mass is 28.4. The first-order valence-corrected chi connectivity index (χ1v) is 11.9. The first kappa shape index (κ1) is 21.2. The van der Waals surface area contributed by atoms with Gasteiger partial charge < -0.3 is 19.2 Å². The minimum Gasteiger partial charge on any atom is -0.466 e. The van der Waals surface area contributed by atoms with Crippen LogP contribution in [0.2, 0.25) is 18.1 Å². The molecule has 0 amide bonds. The van der Waals surface area contributed by atoms with Gasteiger partial charge in [0.2, 0.25) is 6.10 Å². The molecule has 2 atom stereocenters. The number of hydrogen-bond donors (Lipinski definition) is 1. The molecule has 1 unspecified atom stereocenters. The van der Waals surface area contributed by atoms with Crippen molar-refractivity contribution in [2.24, 2.45) is 0 Å². The number of benzene rings is 1. The van der Waals surface area contributed by atoms with Gasteiger partial charge >= 0.3 is 11.9 Å². The number of cyclic esters (lactones) is 1. The van der Waals surface area contributed by atoms with Crippen LogP contribution in [0.25, 0.3) is 0 Å². The molecule has 1 heterocycles. The molecule has 0 aromatic heterocycles. The van der Waals surface area contributed by atoms with E-state index in [9.17, 15) is 9.59 Å². The third kappa shape index (κ3) is 5.20. The van der Waals surface area contributed by atoms with E-state index in [1.165, 1.54) is 13.2 Å². The lowest BCUT2D eigenvalue weighted by atomic mass is 10.1. The van der Waals surface area contributed by atoms with Crippen LogP contribution in [0.4, 0.5) is 0 Å². The monoisotopic (exact) mass is 391 g/mol. The third-order valence-corrected chi connectivity index (χ3v) is 9.67. The van der Waals surface area contributed by atoms with Crippen LogP contribution >= 0.6 is 0 Å². The van der Waals surface area contributed by atoms with Crippen LogP contribution in [-0.4, -0.2) is 40.1 Å². The lowest BCUT2D eigenvalue weighted by Crippen LogP contribution is -2.43. The molecular formula is C20H29NO5Si.